The number of nitrogens with one attached hydrogen (secondary N) is 1. The minimum atomic E-state index is -5.19. The molecule has 13 heteroatoms. The number of aryl methyl sites for hydroxylation is 1. The Labute approximate surface area is 232 Å². The van der Waals surface area contributed by atoms with Gasteiger partial charge in [-0.2, -0.15) is 21.6 Å². The topological polar surface area (TPSA) is 122 Å². The van der Waals surface area contributed by atoms with Crippen molar-refractivity contribution in [2.24, 2.45) is 4.99 Å². The number of carboxylic acid groups (broad SMARTS) is 1. The van der Waals surface area contributed by atoms with Gasteiger partial charge in [-0.15, -0.1) is 0 Å². The highest BCUT2D eigenvalue weighted by atomic mass is 35.5. The van der Waals surface area contributed by atoms with E-state index in [0.717, 1.165) is 23.1 Å². The molecule has 0 aromatic heterocycles. The number of hydrogen-bond acceptors (Lipinski definition) is 7. The van der Waals surface area contributed by atoms with Crippen molar-refractivity contribution in [3.8, 4) is 5.75 Å². The average molecular weight is 594 g/mol. The Morgan fingerprint density at radius 3 is 2.38 bits per heavy atom. The number of phenols is 1. The molecule has 0 bridgehead atoms. The molecule has 2 heterocycles. The highest BCUT2D eigenvalue weighted by molar-refractivity contribution is 7.85. The van der Waals surface area contributed by atoms with Crippen LogP contribution >= 0.6 is 11.6 Å². The summed E-state index contributed by atoms with van der Waals surface area (Å²) < 4.78 is 59.7. The zero-order chi connectivity index (χ0) is 29.2. The van der Waals surface area contributed by atoms with Gasteiger partial charge in [-0.3, -0.25) is 4.99 Å². The van der Waals surface area contributed by atoms with Crippen molar-refractivity contribution >= 4 is 50.8 Å². The van der Waals surface area contributed by atoms with Crippen LogP contribution in [-0.4, -0.2) is 49.0 Å². The van der Waals surface area contributed by atoms with Crippen molar-refractivity contribution in [1.29, 1.82) is 0 Å². The second kappa shape index (κ2) is 11.3. The maximum absolute atomic E-state index is 13.5. The summed E-state index contributed by atoms with van der Waals surface area (Å²) >= 11 is 5.95. The molecule has 0 aliphatic carbocycles. The molecule has 0 unspecified atom stereocenters. The average Bonchev–Trinajstić information content (AvgIpc) is 3.30. The summed E-state index contributed by atoms with van der Waals surface area (Å²) in [6, 6.07) is 16.1. The van der Waals surface area contributed by atoms with Crippen LogP contribution in [0.2, 0.25) is 5.02 Å². The van der Waals surface area contributed by atoms with E-state index in [1.165, 1.54) is 3.98 Å². The molecule has 0 saturated carbocycles. The number of anilines is 1. The Bertz CT molecular complexity index is 1720. The largest absolute Gasteiger partial charge is 0.542 e. The Kier molecular flexibility index (Phi) is 8.22. The van der Waals surface area contributed by atoms with Crippen molar-refractivity contribution in [3.05, 3.63) is 81.3 Å². The van der Waals surface area contributed by atoms with Crippen LogP contribution in [0.4, 0.5) is 24.5 Å². The number of carboxylic acids is 1. The number of carbonyl (C=O) groups excluding carboxylic acids is 1. The van der Waals surface area contributed by atoms with Crippen LogP contribution in [-0.2, 0) is 21.2 Å². The summed E-state index contributed by atoms with van der Waals surface area (Å²) in [4.78, 5) is 13.6. The maximum atomic E-state index is 13.5. The Balaban J connectivity index is 0.000000470. The van der Waals surface area contributed by atoms with Crippen molar-refractivity contribution in [2.45, 2.75) is 30.8 Å². The van der Waals surface area contributed by atoms with Crippen molar-refractivity contribution in [1.82, 2.24) is 0 Å². The zero-order valence-corrected chi connectivity index (χ0v) is 22.6. The summed E-state index contributed by atoms with van der Waals surface area (Å²) in [6.45, 7) is 3.04. The van der Waals surface area contributed by atoms with Crippen LogP contribution in [0.25, 0.3) is 5.57 Å². The lowest BCUT2D eigenvalue weighted by molar-refractivity contribution is -0.344. The van der Waals surface area contributed by atoms with Crippen LogP contribution in [0.3, 0.4) is 0 Å². The van der Waals surface area contributed by atoms with Gasteiger partial charge < -0.3 is 20.3 Å². The monoisotopic (exact) mass is 593 g/mol. The van der Waals surface area contributed by atoms with E-state index in [1.807, 2.05) is 31.2 Å². The number of benzene rings is 3. The molecular weight excluding hydrogens is 571 g/mol. The molecule has 0 spiro atoms. The zero-order valence-electron chi connectivity index (χ0n) is 21.0. The third-order valence-electron chi connectivity index (χ3n) is 6.18. The van der Waals surface area contributed by atoms with E-state index in [-0.39, 0.29) is 16.3 Å². The quantitative estimate of drug-likeness (QED) is 0.335. The van der Waals surface area contributed by atoms with Gasteiger partial charge in [0, 0.05) is 23.7 Å². The predicted molar refractivity (Wildman–Crippen MR) is 141 cm³/mol. The number of sulfonamides is 1. The third-order valence-corrected chi connectivity index (χ3v) is 8.11. The molecule has 0 radical (unpaired) electrons. The first-order valence-electron chi connectivity index (χ1n) is 11.9. The number of rotatable bonds is 6. The van der Waals surface area contributed by atoms with E-state index in [9.17, 15) is 26.7 Å². The first kappa shape index (κ1) is 29.1. The number of alkyl halides is 3. The van der Waals surface area contributed by atoms with Gasteiger partial charge >= 0.3 is 16.2 Å². The van der Waals surface area contributed by atoms with E-state index >= 15 is 0 Å². The SMILES string of the molecule is Cc1ccc(S(=O)(=O)[N+]2=CC3=c4c2c(O)c(NCCc2ccc(Cl)cc2)cc4=NCC3)cc1.O=C([O-])C(F)(F)F. The molecule has 3 aromatic rings. The standard InChI is InChI=1S/C25H22ClN3O3S.C2HF3O2/c1-16-2-8-20(9-3-16)33(31,32)29-15-18-11-13-27-21-14-22(25(30)24(29)23(18)21)28-12-10-17-4-6-19(26)7-5-17;3-2(4,5)1(6)7/h2-9,14-15H,10-13H2,1H3,(H,27,28);(H,6,7). The molecule has 0 atom stereocenters. The molecule has 0 saturated heterocycles. The number of carbonyl (C=O) groups is 1. The number of nitrogens with zero attached hydrogens (tertiary/aromatic N) is 2. The molecule has 3 aromatic carbocycles. The van der Waals surface area contributed by atoms with Crippen molar-refractivity contribution < 1.29 is 40.6 Å². The van der Waals surface area contributed by atoms with Crippen LogP contribution in [0.1, 0.15) is 17.5 Å². The molecule has 2 aliphatic heterocycles. The van der Waals surface area contributed by atoms with Gasteiger partial charge in [0.25, 0.3) is 5.69 Å². The fraction of sp³-hybridized carbons (Fsp3) is 0.222. The molecule has 0 amide bonds. The van der Waals surface area contributed by atoms with E-state index < -0.39 is 22.2 Å². The van der Waals surface area contributed by atoms with Gasteiger partial charge in [-0.05, 0) is 55.7 Å². The number of hydrogen-bond donors (Lipinski definition) is 2. The highest BCUT2D eigenvalue weighted by Gasteiger charge is 2.39. The van der Waals surface area contributed by atoms with Gasteiger partial charge in [0.05, 0.1) is 16.3 Å². The van der Waals surface area contributed by atoms with Crippen LogP contribution in [0.5, 0.6) is 5.75 Å². The van der Waals surface area contributed by atoms with Crippen molar-refractivity contribution in [2.75, 3.05) is 18.4 Å². The summed E-state index contributed by atoms with van der Waals surface area (Å²) in [5, 5.41) is 25.3. The molecule has 8 nitrogen and oxygen atoms in total. The molecule has 5 rings (SSSR count). The van der Waals surface area contributed by atoms with Crippen molar-refractivity contribution in [3.63, 3.8) is 0 Å². The minimum absolute atomic E-state index is 0.0936. The van der Waals surface area contributed by atoms with Gasteiger partial charge in [0.15, 0.2) is 6.21 Å². The lowest BCUT2D eigenvalue weighted by Crippen LogP contribution is -2.37. The van der Waals surface area contributed by atoms with E-state index in [1.54, 1.807) is 36.5 Å². The Morgan fingerprint density at radius 2 is 1.77 bits per heavy atom. The second-order valence-corrected chi connectivity index (χ2v) is 11.3. The van der Waals surface area contributed by atoms with Gasteiger partial charge in [-0.1, -0.05) is 45.4 Å². The predicted octanol–water partition coefficient (Wildman–Crippen LogP) is 2.60. The summed E-state index contributed by atoms with van der Waals surface area (Å²) in [6.07, 6.45) is -2.23. The molecular formula is C27H23ClF3N3O5S. The molecule has 40 heavy (non-hydrogen) atoms. The highest BCUT2D eigenvalue weighted by Crippen LogP contribution is 2.35. The van der Waals surface area contributed by atoms with Gasteiger partial charge in [0.1, 0.15) is 10.9 Å². The Morgan fingerprint density at radius 1 is 1.15 bits per heavy atom. The normalized spacial score (nSPS) is 13.9. The summed E-state index contributed by atoms with van der Waals surface area (Å²) in [5.74, 6) is -3.10. The lowest BCUT2D eigenvalue weighted by atomic mass is 10.1. The molecule has 210 valence electrons. The lowest BCUT2D eigenvalue weighted by Gasteiger charge is -2.11. The summed E-state index contributed by atoms with van der Waals surface area (Å²) in [7, 11) is -3.89. The first-order valence-corrected chi connectivity index (χ1v) is 13.8. The number of aliphatic carboxylic acids is 1. The molecule has 2 N–H and O–H groups in total. The number of aromatic hydroxyl groups is 1. The minimum Gasteiger partial charge on any atom is -0.542 e. The Hall–Kier alpha value is -3.90. The van der Waals surface area contributed by atoms with E-state index in [2.05, 4.69) is 10.3 Å². The number of halogens is 4. The van der Waals surface area contributed by atoms with E-state index in [4.69, 9.17) is 21.5 Å². The van der Waals surface area contributed by atoms with E-state index in [0.29, 0.717) is 40.8 Å². The second-order valence-electron chi connectivity index (χ2n) is 9.00. The fourth-order valence-corrected chi connectivity index (χ4v) is 5.72. The smallest absolute Gasteiger partial charge is 0.430 e. The maximum Gasteiger partial charge on any atom is 0.430 e. The summed E-state index contributed by atoms with van der Waals surface area (Å²) in [5.41, 5.74) is 3.67. The van der Waals surface area contributed by atoms with Gasteiger partial charge in [0.2, 0.25) is 5.75 Å². The van der Waals surface area contributed by atoms with Gasteiger partial charge in [-0.25, -0.2) is 0 Å². The molecule has 0 fully saturated rings. The third kappa shape index (κ3) is 6.13. The fourth-order valence-electron chi connectivity index (χ4n) is 4.20. The first-order chi connectivity index (χ1) is 18.8. The van der Waals surface area contributed by atoms with Crippen LogP contribution in [0.15, 0.2) is 64.5 Å². The molecule has 2 aliphatic rings. The van der Waals surface area contributed by atoms with Crippen LogP contribution < -0.4 is 21.0 Å². The number of phenolic OH excluding ortho intramolecular Hbond substituents is 1. The van der Waals surface area contributed by atoms with Crippen LogP contribution in [0, 0.1) is 6.92 Å².